The first-order chi connectivity index (χ1) is 16.8. The van der Waals surface area contributed by atoms with Crippen LogP contribution in [0.4, 0.5) is 6.01 Å². The van der Waals surface area contributed by atoms with Crippen LogP contribution in [0.5, 0.6) is 5.75 Å². The number of anilines is 1. The molecule has 0 aliphatic carbocycles. The Bertz CT molecular complexity index is 1280. The van der Waals surface area contributed by atoms with Crippen LogP contribution in [0.15, 0.2) is 58.4 Å². The summed E-state index contributed by atoms with van der Waals surface area (Å²) in [5, 5.41) is 11.8. The van der Waals surface area contributed by atoms with Gasteiger partial charge in [0.1, 0.15) is 5.75 Å². The van der Waals surface area contributed by atoms with Crippen LogP contribution in [-0.2, 0) is 14.8 Å². The molecule has 2 heterocycles. The number of nitrogens with one attached hydrogen (secondary N) is 1. The molecule has 9 nitrogen and oxygen atoms in total. The number of hydrogen-bond donors (Lipinski definition) is 1. The predicted molar refractivity (Wildman–Crippen MR) is 133 cm³/mol. The number of amides is 1. The third-order valence-corrected chi connectivity index (χ3v) is 7.33. The molecule has 0 bridgehead atoms. The van der Waals surface area contributed by atoms with E-state index in [0.717, 1.165) is 16.9 Å². The Morgan fingerprint density at radius 3 is 2.46 bits per heavy atom. The largest absolute Gasteiger partial charge is 0.494 e. The molecule has 0 unspecified atom stereocenters. The van der Waals surface area contributed by atoms with E-state index in [9.17, 15) is 13.2 Å². The lowest BCUT2D eigenvalue weighted by Gasteiger charge is -2.29. The fourth-order valence-corrected chi connectivity index (χ4v) is 4.98. The van der Waals surface area contributed by atoms with Gasteiger partial charge >= 0.3 is 6.01 Å². The maximum atomic E-state index is 12.7. The lowest BCUT2D eigenvalue weighted by Crippen LogP contribution is -2.40. The number of hydrogen-bond acceptors (Lipinski definition) is 7. The molecule has 0 atom stereocenters. The van der Waals surface area contributed by atoms with Crippen molar-refractivity contribution in [3.05, 3.63) is 65.1 Å². The van der Waals surface area contributed by atoms with Crippen molar-refractivity contribution in [3.8, 4) is 17.2 Å². The highest BCUT2D eigenvalue weighted by molar-refractivity contribution is 7.92. The molecular formula is C25H28N4O5S. The van der Waals surface area contributed by atoms with Gasteiger partial charge in [0, 0.05) is 30.0 Å². The fourth-order valence-electron chi connectivity index (χ4n) is 3.76. The number of benzene rings is 2. The number of carbonyl (C=O) groups excluding carboxylic acids is 1. The van der Waals surface area contributed by atoms with E-state index >= 15 is 0 Å². The van der Waals surface area contributed by atoms with Crippen molar-refractivity contribution in [3.63, 3.8) is 0 Å². The SMILES string of the molecule is CCOc1ccc(-c2nnc(NC(=O)C3CCN(S(=O)(=O)/C=C/c4ccc(C)cc4)CC3)o2)cc1. The Hall–Kier alpha value is -3.50. The second-order valence-electron chi connectivity index (χ2n) is 8.29. The maximum Gasteiger partial charge on any atom is 0.322 e. The third kappa shape index (κ3) is 6.34. The number of piperidine rings is 1. The van der Waals surface area contributed by atoms with Crippen molar-refractivity contribution in [2.45, 2.75) is 26.7 Å². The number of rotatable bonds is 8. The van der Waals surface area contributed by atoms with Crippen molar-refractivity contribution >= 4 is 28.0 Å². The van der Waals surface area contributed by atoms with Crippen LogP contribution in [0.1, 0.15) is 30.9 Å². The van der Waals surface area contributed by atoms with Gasteiger partial charge in [0.15, 0.2) is 0 Å². The average Bonchev–Trinajstić information content (AvgIpc) is 3.33. The maximum absolute atomic E-state index is 12.7. The molecule has 1 N–H and O–H groups in total. The Morgan fingerprint density at radius 2 is 1.80 bits per heavy atom. The van der Waals surface area contributed by atoms with Crippen LogP contribution >= 0.6 is 0 Å². The van der Waals surface area contributed by atoms with E-state index in [1.54, 1.807) is 30.3 Å². The van der Waals surface area contributed by atoms with Gasteiger partial charge in [0.05, 0.1) is 6.61 Å². The normalized spacial score (nSPS) is 15.4. The summed E-state index contributed by atoms with van der Waals surface area (Å²) >= 11 is 0. The van der Waals surface area contributed by atoms with Gasteiger partial charge in [-0.25, -0.2) is 8.42 Å². The van der Waals surface area contributed by atoms with E-state index < -0.39 is 10.0 Å². The van der Waals surface area contributed by atoms with E-state index in [-0.39, 0.29) is 36.8 Å². The molecule has 2 aromatic carbocycles. The molecule has 1 aromatic heterocycles. The first-order valence-corrected chi connectivity index (χ1v) is 13.0. The Labute approximate surface area is 204 Å². The first kappa shape index (κ1) is 24.6. The molecular weight excluding hydrogens is 468 g/mol. The molecule has 1 amide bonds. The van der Waals surface area contributed by atoms with Gasteiger partial charge in [0.25, 0.3) is 0 Å². The summed E-state index contributed by atoms with van der Waals surface area (Å²) in [6.07, 6.45) is 2.40. The summed E-state index contributed by atoms with van der Waals surface area (Å²) in [5.74, 6) is 0.412. The summed E-state index contributed by atoms with van der Waals surface area (Å²) in [6.45, 7) is 4.99. The zero-order valence-electron chi connectivity index (χ0n) is 19.7. The van der Waals surface area contributed by atoms with Gasteiger partial charge in [-0.2, -0.15) is 4.31 Å². The zero-order valence-corrected chi connectivity index (χ0v) is 20.5. The Morgan fingerprint density at radius 1 is 1.11 bits per heavy atom. The smallest absolute Gasteiger partial charge is 0.322 e. The highest BCUT2D eigenvalue weighted by Crippen LogP contribution is 2.25. The van der Waals surface area contributed by atoms with Crippen molar-refractivity contribution in [2.24, 2.45) is 5.92 Å². The van der Waals surface area contributed by atoms with Crippen molar-refractivity contribution in [1.29, 1.82) is 0 Å². The van der Waals surface area contributed by atoms with E-state index in [2.05, 4.69) is 15.5 Å². The summed E-state index contributed by atoms with van der Waals surface area (Å²) in [7, 11) is -3.56. The van der Waals surface area contributed by atoms with Gasteiger partial charge in [-0.3, -0.25) is 10.1 Å². The van der Waals surface area contributed by atoms with Crippen LogP contribution in [-0.4, -0.2) is 48.5 Å². The van der Waals surface area contributed by atoms with E-state index in [0.29, 0.717) is 25.0 Å². The second kappa shape index (κ2) is 10.8. The zero-order chi connectivity index (χ0) is 24.8. The second-order valence-corrected chi connectivity index (χ2v) is 10.1. The number of sulfonamides is 1. The number of aryl methyl sites for hydroxylation is 1. The molecule has 1 fully saturated rings. The van der Waals surface area contributed by atoms with E-state index in [1.165, 1.54) is 9.71 Å². The minimum absolute atomic E-state index is 0.00923. The lowest BCUT2D eigenvalue weighted by molar-refractivity contribution is -0.121. The molecule has 1 saturated heterocycles. The predicted octanol–water partition coefficient (Wildman–Crippen LogP) is 4.09. The number of nitrogens with zero attached hydrogens (tertiary/aromatic N) is 3. The Balaban J connectivity index is 1.30. The molecule has 1 aliphatic heterocycles. The van der Waals surface area contributed by atoms with Crippen LogP contribution in [0.2, 0.25) is 0 Å². The minimum Gasteiger partial charge on any atom is -0.494 e. The topological polar surface area (TPSA) is 115 Å². The molecule has 0 spiro atoms. The lowest BCUT2D eigenvalue weighted by atomic mass is 9.97. The van der Waals surface area contributed by atoms with Crippen LogP contribution in [0.25, 0.3) is 17.5 Å². The molecule has 0 radical (unpaired) electrons. The summed E-state index contributed by atoms with van der Waals surface area (Å²) in [6, 6.07) is 14.8. The molecule has 35 heavy (non-hydrogen) atoms. The fraction of sp³-hybridized carbons (Fsp3) is 0.320. The standard InChI is InChI=1S/C25H28N4O5S/c1-3-33-22-10-8-21(9-11-22)24-27-28-25(34-24)26-23(30)20-12-15-29(16-13-20)35(31,32)17-14-19-6-4-18(2)5-7-19/h4-11,14,17,20H,3,12-13,15-16H2,1-2H3,(H,26,28,30)/b17-14+. The van der Waals surface area contributed by atoms with Gasteiger partial charge in [-0.05, 0) is 62.6 Å². The first-order valence-electron chi connectivity index (χ1n) is 11.5. The molecule has 1 aliphatic rings. The summed E-state index contributed by atoms with van der Waals surface area (Å²) < 4.78 is 37.8. The highest BCUT2D eigenvalue weighted by atomic mass is 32.2. The van der Waals surface area contributed by atoms with Crippen molar-refractivity contribution in [2.75, 3.05) is 25.0 Å². The number of aromatic nitrogens is 2. The van der Waals surface area contributed by atoms with Gasteiger partial charge in [0.2, 0.25) is 21.8 Å². The van der Waals surface area contributed by atoms with Crippen molar-refractivity contribution < 1.29 is 22.4 Å². The van der Waals surface area contributed by atoms with Gasteiger partial charge in [-0.15, -0.1) is 5.10 Å². The van der Waals surface area contributed by atoms with Crippen LogP contribution in [0.3, 0.4) is 0 Å². The molecule has 0 saturated carbocycles. The highest BCUT2D eigenvalue weighted by Gasteiger charge is 2.30. The average molecular weight is 497 g/mol. The van der Waals surface area contributed by atoms with E-state index in [4.69, 9.17) is 9.15 Å². The van der Waals surface area contributed by atoms with Gasteiger partial charge in [-0.1, -0.05) is 34.9 Å². The molecule has 10 heteroatoms. The minimum atomic E-state index is -3.56. The Kier molecular flexibility index (Phi) is 7.62. The number of carbonyl (C=O) groups is 1. The third-order valence-electron chi connectivity index (χ3n) is 5.76. The monoisotopic (exact) mass is 496 g/mol. The van der Waals surface area contributed by atoms with Crippen LogP contribution in [0, 0.1) is 12.8 Å². The molecule has 3 aromatic rings. The number of ether oxygens (including phenoxy) is 1. The van der Waals surface area contributed by atoms with Crippen molar-refractivity contribution in [1.82, 2.24) is 14.5 Å². The molecule has 184 valence electrons. The molecule has 4 rings (SSSR count). The quantitative estimate of drug-likeness (QED) is 0.499. The van der Waals surface area contributed by atoms with Gasteiger partial charge < -0.3 is 9.15 Å². The van der Waals surface area contributed by atoms with Crippen LogP contribution < -0.4 is 10.1 Å². The summed E-state index contributed by atoms with van der Waals surface area (Å²) in [5.41, 5.74) is 2.63. The summed E-state index contributed by atoms with van der Waals surface area (Å²) in [4.78, 5) is 12.7. The van der Waals surface area contributed by atoms with E-state index in [1.807, 2.05) is 38.1 Å².